The van der Waals surface area contributed by atoms with Crippen molar-refractivity contribution in [2.75, 3.05) is 19.6 Å². The van der Waals surface area contributed by atoms with Gasteiger partial charge in [0.1, 0.15) is 29.3 Å². The van der Waals surface area contributed by atoms with E-state index in [1.807, 2.05) is 6.08 Å². The van der Waals surface area contributed by atoms with Gasteiger partial charge in [0.25, 0.3) is 5.91 Å². The Hall–Kier alpha value is -4.92. The first-order chi connectivity index (χ1) is 28.1. The molecule has 1 heterocycles. The number of rotatable bonds is 20. The smallest absolute Gasteiger partial charge is 0.410 e. The van der Waals surface area contributed by atoms with Gasteiger partial charge in [0.2, 0.25) is 11.8 Å². The van der Waals surface area contributed by atoms with Gasteiger partial charge in [0, 0.05) is 25.7 Å². The molecule has 0 radical (unpaired) electrons. The van der Waals surface area contributed by atoms with Gasteiger partial charge in [0.05, 0.1) is 24.2 Å². The standard InChI is InChI=1S/C45H71N7O8/c1-11-32(30(2)3)25-37(53)35(24-31-18-14-12-15-19-31)49-39(55)36(26-34-27-46-29-48-34)50-40(56)45(10,33-20-16-13-17-21-33)51-38(54)28-52(42(58)60-44(7,8)9)23-22-47-41(57)59-43(4,5)6/h11,13,16-17,20-21,27,29-32,35-37,53H,1,12,14-15,18-19,22-26,28H2,2-10H3,(H,46,48)(H,47,57)(H,49,55)(H,50,56)(H,51,54)/t32-,35-,36-,37-,45-/m0/s1. The first-order valence-electron chi connectivity index (χ1n) is 21.3. The summed E-state index contributed by atoms with van der Waals surface area (Å²) in [7, 11) is 0. The highest BCUT2D eigenvalue weighted by molar-refractivity contribution is 5.96. The van der Waals surface area contributed by atoms with Gasteiger partial charge in [-0.3, -0.25) is 19.3 Å². The third kappa shape index (κ3) is 16.6. The summed E-state index contributed by atoms with van der Waals surface area (Å²) in [6.45, 7) is 19.2. The molecule has 334 valence electrons. The zero-order valence-electron chi connectivity index (χ0n) is 37.3. The number of imidazole rings is 1. The fourth-order valence-corrected chi connectivity index (χ4v) is 7.28. The molecule has 1 aliphatic rings. The maximum Gasteiger partial charge on any atom is 0.410 e. The number of aliphatic hydroxyl groups is 1. The molecule has 1 aromatic carbocycles. The molecule has 0 saturated heterocycles. The topological polar surface area (TPSA) is 204 Å². The van der Waals surface area contributed by atoms with Gasteiger partial charge in [-0.2, -0.15) is 0 Å². The Bertz CT molecular complexity index is 1680. The van der Waals surface area contributed by atoms with E-state index in [1.54, 1.807) is 78.1 Å². The van der Waals surface area contributed by atoms with E-state index >= 15 is 0 Å². The lowest BCUT2D eigenvalue weighted by molar-refractivity contribution is -0.136. The Morgan fingerprint density at radius 1 is 0.967 bits per heavy atom. The Labute approximate surface area is 356 Å². The Morgan fingerprint density at radius 2 is 1.62 bits per heavy atom. The van der Waals surface area contributed by atoms with E-state index in [2.05, 4.69) is 51.7 Å². The minimum Gasteiger partial charge on any atom is -0.444 e. The summed E-state index contributed by atoms with van der Waals surface area (Å²) in [6, 6.07) is 6.85. The van der Waals surface area contributed by atoms with Crippen LogP contribution in [0.1, 0.15) is 119 Å². The van der Waals surface area contributed by atoms with Crippen molar-refractivity contribution < 1.29 is 38.6 Å². The van der Waals surface area contributed by atoms with Crippen LogP contribution in [0.5, 0.6) is 0 Å². The molecule has 0 bridgehead atoms. The lowest BCUT2D eigenvalue weighted by Gasteiger charge is -2.35. The predicted molar refractivity (Wildman–Crippen MR) is 230 cm³/mol. The molecule has 1 aliphatic carbocycles. The fraction of sp³-hybridized carbons (Fsp3) is 0.644. The summed E-state index contributed by atoms with van der Waals surface area (Å²) in [4.78, 5) is 77.0. The number of nitrogens with zero attached hydrogens (tertiary/aromatic N) is 2. The van der Waals surface area contributed by atoms with Crippen molar-refractivity contribution in [3.05, 3.63) is 66.8 Å². The minimum atomic E-state index is -1.74. The summed E-state index contributed by atoms with van der Waals surface area (Å²) in [5.41, 5.74) is -2.44. The van der Waals surface area contributed by atoms with Crippen molar-refractivity contribution in [1.29, 1.82) is 0 Å². The van der Waals surface area contributed by atoms with Gasteiger partial charge >= 0.3 is 12.2 Å². The number of H-pyrrole nitrogens is 1. The van der Waals surface area contributed by atoms with Crippen LogP contribution in [-0.2, 0) is 35.8 Å². The van der Waals surface area contributed by atoms with E-state index in [1.165, 1.54) is 19.7 Å². The number of aromatic nitrogens is 2. The lowest BCUT2D eigenvalue weighted by Crippen LogP contribution is -2.61. The van der Waals surface area contributed by atoms with Crippen LogP contribution in [0.4, 0.5) is 9.59 Å². The summed E-state index contributed by atoms with van der Waals surface area (Å²) < 4.78 is 10.9. The number of aromatic amines is 1. The van der Waals surface area contributed by atoms with Crippen molar-refractivity contribution in [2.45, 2.75) is 149 Å². The van der Waals surface area contributed by atoms with Crippen LogP contribution in [0.15, 0.2) is 55.5 Å². The Balaban J connectivity index is 1.91. The fourth-order valence-electron chi connectivity index (χ4n) is 7.28. The molecule has 0 spiro atoms. The molecule has 6 N–H and O–H groups in total. The zero-order chi connectivity index (χ0) is 44.7. The molecule has 15 heteroatoms. The average molecular weight is 838 g/mol. The largest absolute Gasteiger partial charge is 0.444 e. The number of nitrogens with one attached hydrogen (secondary N) is 5. The number of allylic oxidation sites excluding steroid dienone is 1. The number of amides is 5. The quantitative estimate of drug-likeness (QED) is 0.0879. The first kappa shape index (κ1) is 49.4. The molecule has 3 rings (SSSR count). The monoisotopic (exact) mass is 838 g/mol. The predicted octanol–water partition coefficient (Wildman–Crippen LogP) is 5.89. The molecule has 1 aromatic heterocycles. The number of carbonyl (C=O) groups is 5. The van der Waals surface area contributed by atoms with E-state index in [4.69, 9.17) is 9.47 Å². The van der Waals surface area contributed by atoms with Crippen molar-refractivity contribution >= 4 is 29.9 Å². The average Bonchev–Trinajstić information content (AvgIpc) is 3.68. The molecule has 0 unspecified atom stereocenters. The molecule has 5 atom stereocenters. The molecule has 60 heavy (non-hydrogen) atoms. The third-order valence-corrected chi connectivity index (χ3v) is 10.6. The number of ether oxygens (including phenoxy) is 2. The van der Waals surface area contributed by atoms with Gasteiger partial charge < -0.3 is 40.8 Å². The second kappa shape index (κ2) is 22.6. The Morgan fingerprint density at radius 3 is 2.18 bits per heavy atom. The van der Waals surface area contributed by atoms with Crippen molar-refractivity contribution in [1.82, 2.24) is 36.1 Å². The molecule has 2 aromatic rings. The zero-order valence-corrected chi connectivity index (χ0v) is 37.3. The van der Waals surface area contributed by atoms with Crippen molar-refractivity contribution in [3.8, 4) is 0 Å². The van der Waals surface area contributed by atoms with Gasteiger partial charge in [-0.1, -0.05) is 82.4 Å². The van der Waals surface area contributed by atoms with Crippen LogP contribution in [0.3, 0.4) is 0 Å². The van der Waals surface area contributed by atoms with Crippen LogP contribution in [0, 0.1) is 17.8 Å². The van der Waals surface area contributed by atoms with Crippen LogP contribution in [0.2, 0.25) is 0 Å². The number of aliphatic hydroxyl groups excluding tert-OH is 1. The number of hydrogen-bond donors (Lipinski definition) is 6. The molecule has 1 fully saturated rings. The first-order valence-corrected chi connectivity index (χ1v) is 21.3. The normalized spacial score (nSPS) is 16.6. The van der Waals surface area contributed by atoms with Gasteiger partial charge in [0.15, 0.2) is 0 Å². The maximum absolute atomic E-state index is 14.6. The molecule has 5 amide bonds. The second-order valence-corrected chi connectivity index (χ2v) is 18.5. The molecular formula is C45H71N7O8. The summed E-state index contributed by atoms with van der Waals surface area (Å²) in [5.74, 6) is -1.28. The Kier molecular flexibility index (Phi) is 18.6. The minimum absolute atomic E-state index is 0.0183. The third-order valence-electron chi connectivity index (χ3n) is 10.6. The molecule has 15 nitrogen and oxygen atoms in total. The van der Waals surface area contributed by atoms with E-state index < -0.39 is 71.4 Å². The van der Waals surface area contributed by atoms with E-state index in [9.17, 15) is 29.1 Å². The van der Waals surface area contributed by atoms with E-state index in [0.717, 1.165) is 30.6 Å². The molecular weight excluding hydrogens is 767 g/mol. The highest BCUT2D eigenvalue weighted by Gasteiger charge is 2.40. The van der Waals surface area contributed by atoms with Gasteiger partial charge in [-0.15, -0.1) is 6.58 Å². The highest BCUT2D eigenvalue weighted by Crippen LogP contribution is 2.30. The summed E-state index contributed by atoms with van der Waals surface area (Å²) in [5, 5.41) is 23.1. The van der Waals surface area contributed by atoms with Gasteiger partial charge in [-0.25, -0.2) is 14.6 Å². The second-order valence-electron chi connectivity index (χ2n) is 18.5. The molecule has 1 saturated carbocycles. The van der Waals surface area contributed by atoms with Crippen LogP contribution in [0.25, 0.3) is 0 Å². The lowest BCUT2D eigenvalue weighted by atomic mass is 9.81. The number of hydrogen-bond acceptors (Lipinski definition) is 9. The van der Waals surface area contributed by atoms with Crippen molar-refractivity contribution in [2.24, 2.45) is 17.8 Å². The number of alkyl carbamates (subject to hydrolysis) is 1. The highest BCUT2D eigenvalue weighted by atomic mass is 16.6. The van der Waals surface area contributed by atoms with Crippen molar-refractivity contribution in [3.63, 3.8) is 0 Å². The summed E-state index contributed by atoms with van der Waals surface area (Å²) in [6.07, 6.45) is 9.05. The number of carbonyl (C=O) groups excluding carboxylic acids is 5. The van der Waals surface area contributed by atoms with E-state index in [-0.39, 0.29) is 31.3 Å². The maximum atomic E-state index is 14.6. The van der Waals surface area contributed by atoms with E-state index in [0.29, 0.717) is 30.0 Å². The van der Waals surface area contributed by atoms with Crippen LogP contribution >= 0.6 is 0 Å². The SMILES string of the molecule is C=C[C@@H](C[C@H](O)[C@H](CC1CCCCC1)NC(=O)[C@H](Cc1c[nH]cn1)NC(=O)[C@@](C)(NC(=O)CN(CCNC(=O)OC(C)(C)C)C(=O)OC(C)(C)C)c1ccccc1)C(C)C. The van der Waals surface area contributed by atoms with Crippen LogP contribution < -0.4 is 21.3 Å². The summed E-state index contributed by atoms with van der Waals surface area (Å²) >= 11 is 0. The number of benzene rings is 1. The van der Waals surface area contributed by atoms with Gasteiger partial charge in [-0.05, 0) is 84.6 Å². The van der Waals surface area contributed by atoms with Crippen LogP contribution in [-0.4, -0.2) is 98.9 Å². The molecule has 0 aliphatic heterocycles.